The van der Waals surface area contributed by atoms with Crippen LogP contribution in [0.2, 0.25) is 0 Å². The summed E-state index contributed by atoms with van der Waals surface area (Å²) in [5.74, 6) is 1.90. The zero-order valence-corrected chi connectivity index (χ0v) is 19.0. The molecule has 2 aromatic rings. The Morgan fingerprint density at radius 1 is 1.22 bits per heavy atom. The van der Waals surface area contributed by atoms with Gasteiger partial charge in [-0.2, -0.15) is 0 Å². The first kappa shape index (κ1) is 22.6. The number of aromatic amines is 1. The van der Waals surface area contributed by atoms with Crippen LogP contribution in [0.5, 0.6) is 5.75 Å². The fourth-order valence-electron chi connectivity index (χ4n) is 5.00. The molecule has 2 aliphatic rings. The van der Waals surface area contributed by atoms with Crippen LogP contribution in [0, 0.1) is 11.8 Å². The van der Waals surface area contributed by atoms with Gasteiger partial charge in [0, 0.05) is 36.1 Å². The van der Waals surface area contributed by atoms with E-state index in [0.717, 1.165) is 37.3 Å². The van der Waals surface area contributed by atoms with Crippen molar-refractivity contribution in [1.29, 1.82) is 0 Å². The predicted octanol–water partition coefficient (Wildman–Crippen LogP) is 5.10. The topological polar surface area (TPSA) is 97.2 Å². The lowest BCUT2D eigenvalue weighted by Gasteiger charge is -2.30. The van der Waals surface area contributed by atoms with Crippen molar-refractivity contribution in [2.75, 3.05) is 11.9 Å². The molecule has 6 heteroatoms. The van der Waals surface area contributed by atoms with Gasteiger partial charge >= 0.3 is 0 Å². The fourth-order valence-corrected chi connectivity index (χ4v) is 5.00. The van der Waals surface area contributed by atoms with Gasteiger partial charge in [-0.05, 0) is 62.5 Å². The summed E-state index contributed by atoms with van der Waals surface area (Å²) in [5.41, 5.74) is 8.92. The number of Topliss-reactive ketones (excluding diaryl/α,β-unsaturated/α-hetero) is 1. The maximum absolute atomic E-state index is 12.9. The predicted molar refractivity (Wildman–Crippen MR) is 126 cm³/mol. The van der Waals surface area contributed by atoms with Gasteiger partial charge in [0.2, 0.25) is 0 Å². The van der Waals surface area contributed by atoms with Crippen molar-refractivity contribution in [2.24, 2.45) is 17.6 Å². The van der Waals surface area contributed by atoms with Crippen LogP contribution < -0.4 is 15.8 Å². The molecule has 2 aliphatic carbocycles. The van der Waals surface area contributed by atoms with Crippen molar-refractivity contribution in [3.8, 4) is 5.75 Å². The first-order chi connectivity index (χ1) is 15.5. The van der Waals surface area contributed by atoms with Gasteiger partial charge < -0.3 is 20.8 Å². The number of benzene rings is 1. The quantitative estimate of drug-likeness (QED) is 0.525. The number of ketones is 1. The second kappa shape index (κ2) is 10.3. The van der Waals surface area contributed by atoms with E-state index in [9.17, 15) is 9.59 Å². The number of aryl methyl sites for hydroxylation is 1. The lowest BCUT2D eigenvalue weighted by molar-refractivity contribution is 0.0965. The molecule has 1 atom stereocenters. The summed E-state index contributed by atoms with van der Waals surface area (Å²) in [4.78, 5) is 28.5. The van der Waals surface area contributed by atoms with Gasteiger partial charge in [-0.25, -0.2) is 0 Å². The van der Waals surface area contributed by atoms with Gasteiger partial charge in [0.05, 0.1) is 17.7 Å². The Hall–Kier alpha value is -2.60. The number of amides is 1. The number of rotatable bonds is 7. The minimum absolute atomic E-state index is 0.0461. The second-order valence-corrected chi connectivity index (χ2v) is 9.49. The van der Waals surface area contributed by atoms with Crippen LogP contribution >= 0.6 is 0 Å². The van der Waals surface area contributed by atoms with Gasteiger partial charge in [0.25, 0.3) is 5.91 Å². The van der Waals surface area contributed by atoms with Gasteiger partial charge in [-0.15, -0.1) is 0 Å². The molecule has 0 aliphatic heterocycles. The van der Waals surface area contributed by atoms with Gasteiger partial charge in [0.1, 0.15) is 5.75 Å². The number of H-pyrrole nitrogens is 1. The van der Waals surface area contributed by atoms with Gasteiger partial charge in [-0.3, -0.25) is 9.59 Å². The highest BCUT2D eigenvalue weighted by Crippen LogP contribution is 2.31. The molecule has 1 unspecified atom stereocenters. The largest absolute Gasteiger partial charge is 0.493 e. The highest BCUT2D eigenvalue weighted by atomic mass is 16.5. The van der Waals surface area contributed by atoms with E-state index in [4.69, 9.17) is 10.5 Å². The Balaban J connectivity index is 1.32. The maximum Gasteiger partial charge on any atom is 0.257 e. The van der Waals surface area contributed by atoms with Crippen LogP contribution in [0.15, 0.2) is 30.5 Å². The molecular formula is C26H35N3O3. The van der Waals surface area contributed by atoms with E-state index < -0.39 is 0 Å². The lowest BCUT2D eigenvalue weighted by Crippen LogP contribution is -2.34. The number of hydrogen-bond acceptors (Lipinski definition) is 4. The third-order valence-corrected chi connectivity index (χ3v) is 7.04. The van der Waals surface area contributed by atoms with E-state index in [0.29, 0.717) is 41.5 Å². The van der Waals surface area contributed by atoms with E-state index in [1.165, 1.54) is 25.7 Å². The SMILES string of the molecule is CC1CCC(C(N)CCOc2cccc(NC(=O)c3c[nH]c4c3C(=O)CCCC4)c2)CC1. The Kier molecular flexibility index (Phi) is 7.30. The minimum atomic E-state index is -0.275. The number of aromatic nitrogens is 1. The molecule has 6 nitrogen and oxygen atoms in total. The summed E-state index contributed by atoms with van der Waals surface area (Å²) in [7, 11) is 0. The molecule has 0 saturated heterocycles. The molecule has 1 heterocycles. The summed E-state index contributed by atoms with van der Waals surface area (Å²) in [6, 6.07) is 7.56. The highest BCUT2D eigenvalue weighted by Gasteiger charge is 2.25. The van der Waals surface area contributed by atoms with Crippen molar-refractivity contribution in [3.05, 3.63) is 47.3 Å². The molecule has 1 amide bonds. The average molecular weight is 438 g/mol. The van der Waals surface area contributed by atoms with Crippen molar-refractivity contribution in [3.63, 3.8) is 0 Å². The Bertz CT molecular complexity index is 944. The van der Waals surface area contributed by atoms with E-state index in [-0.39, 0.29) is 17.7 Å². The zero-order valence-electron chi connectivity index (χ0n) is 19.0. The molecule has 1 saturated carbocycles. The molecule has 4 N–H and O–H groups in total. The number of hydrogen-bond donors (Lipinski definition) is 3. The summed E-state index contributed by atoms with van der Waals surface area (Å²) in [5, 5.41) is 2.91. The van der Waals surface area contributed by atoms with Crippen molar-refractivity contribution in [1.82, 2.24) is 4.98 Å². The normalized spacial score (nSPS) is 22.0. The van der Waals surface area contributed by atoms with Crippen LogP contribution in [0.25, 0.3) is 0 Å². The lowest BCUT2D eigenvalue weighted by atomic mass is 9.79. The molecule has 4 rings (SSSR count). The molecule has 0 bridgehead atoms. The Morgan fingerprint density at radius 3 is 2.81 bits per heavy atom. The third kappa shape index (κ3) is 5.41. The van der Waals surface area contributed by atoms with Crippen LogP contribution in [0.3, 0.4) is 0 Å². The third-order valence-electron chi connectivity index (χ3n) is 7.04. The first-order valence-corrected chi connectivity index (χ1v) is 12.0. The molecule has 1 fully saturated rings. The van der Waals surface area contributed by atoms with Crippen LogP contribution in [-0.4, -0.2) is 29.3 Å². The summed E-state index contributed by atoms with van der Waals surface area (Å²) in [6.45, 7) is 2.88. The molecule has 172 valence electrons. The number of nitrogens with two attached hydrogens (primary N) is 1. The summed E-state index contributed by atoms with van der Waals surface area (Å²) < 4.78 is 5.93. The fraction of sp³-hybridized carbons (Fsp3) is 0.538. The minimum Gasteiger partial charge on any atom is -0.493 e. The monoisotopic (exact) mass is 437 g/mol. The number of fused-ring (bicyclic) bond motifs is 1. The van der Waals surface area contributed by atoms with E-state index in [1.807, 2.05) is 24.3 Å². The van der Waals surface area contributed by atoms with Crippen LogP contribution in [-0.2, 0) is 6.42 Å². The maximum atomic E-state index is 12.9. The first-order valence-electron chi connectivity index (χ1n) is 12.0. The molecule has 1 aromatic carbocycles. The summed E-state index contributed by atoms with van der Waals surface area (Å²) >= 11 is 0. The Labute approximate surface area is 190 Å². The molecule has 0 radical (unpaired) electrons. The number of carbonyl (C=O) groups excluding carboxylic acids is 2. The van der Waals surface area contributed by atoms with Crippen LogP contribution in [0.4, 0.5) is 5.69 Å². The van der Waals surface area contributed by atoms with Crippen molar-refractivity contribution >= 4 is 17.4 Å². The molecule has 0 spiro atoms. The number of anilines is 1. The molecule has 1 aromatic heterocycles. The second-order valence-electron chi connectivity index (χ2n) is 9.49. The van der Waals surface area contributed by atoms with Crippen molar-refractivity contribution < 1.29 is 14.3 Å². The number of ether oxygens (including phenoxy) is 1. The van der Waals surface area contributed by atoms with E-state index >= 15 is 0 Å². The summed E-state index contributed by atoms with van der Waals surface area (Å²) in [6.07, 6.45) is 10.6. The Morgan fingerprint density at radius 2 is 2.00 bits per heavy atom. The molecular weight excluding hydrogens is 402 g/mol. The van der Waals surface area contributed by atoms with Gasteiger partial charge in [0.15, 0.2) is 5.78 Å². The molecule has 32 heavy (non-hydrogen) atoms. The smallest absolute Gasteiger partial charge is 0.257 e. The number of nitrogens with one attached hydrogen (secondary N) is 2. The zero-order chi connectivity index (χ0) is 22.5. The van der Waals surface area contributed by atoms with Gasteiger partial charge in [-0.1, -0.05) is 25.8 Å². The highest BCUT2D eigenvalue weighted by molar-refractivity contribution is 6.13. The van der Waals surface area contributed by atoms with E-state index in [1.54, 1.807) is 6.20 Å². The number of carbonyl (C=O) groups is 2. The van der Waals surface area contributed by atoms with Crippen molar-refractivity contribution in [2.45, 2.75) is 70.8 Å². The average Bonchev–Trinajstić information content (AvgIpc) is 3.13. The standard InChI is InChI=1S/C26H35N3O3/c1-17-9-11-18(12-10-17)22(27)13-14-32-20-6-4-5-19(15-20)29-26(31)21-16-28-23-7-2-3-8-24(30)25(21)23/h4-6,15-18,22,28H,2-3,7-14,27H2,1H3,(H,29,31). The van der Waals surface area contributed by atoms with Crippen LogP contribution in [0.1, 0.15) is 84.7 Å². The van der Waals surface area contributed by atoms with E-state index in [2.05, 4.69) is 17.2 Å².